The lowest BCUT2D eigenvalue weighted by molar-refractivity contribution is 0.111. The predicted molar refractivity (Wildman–Crippen MR) is 130 cm³/mol. The van der Waals surface area contributed by atoms with Gasteiger partial charge < -0.3 is 20.3 Å². The van der Waals surface area contributed by atoms with Crippen molar-refractivity contribution in [2.75, 3.05) is 38.2 Å². The summed E-state index contributed by atoms with van der Waals surface area (Å²) in [6, 6.07) is 11.1. The quantitative estimate of drug-likeness (QED) is 0.315. The van der Waals surface area contributed by atoms with Crippen LogP contribution in [0.15, 0.2) is 46.8 Å². The van der Waals surface area contributed by atoms with Gasteiger partial charge in [0.1, 0.15) is 11.9 Å². The standard InChI is InChI=1S/C21H29FN4OS.HI/c1-3-23-21(24-15-19(27-2)16-6-8-17(22)9-7-16)25-18-10-12-26(13-11-18)20-5-4-14-28-20;/h4-9,14,18-19H,3,10-13,15H2,1-2H3,(H2,23,24,25);1H. The Morgan fingerprint density at radius 3 is 2.59 bits per heavy atom. The van der Waals surface area contributed by atoms with Crippen LogP contribution in [-0.2, 0) is 4.74 Å². The molecule has 1 atom stereocenters. The van der Waals surface area contributed by atoms with Gasteiger partial charge in [0, 0.05) is 32.8 Å². The molecule has 1 aliphatic heterocycles. The first-order chi connectivity index (χ1) is 13.7. The van der Waals surface area contributed by atoms with Crippen LogP contribution < -0.4 is 15.5 Å². The minimum atomic E-state index is -0.244. The summed E-state index contributed by atoms with van der Waals surface area (Å²) in [4.78, 5) is 7.16. The molecule has 0 radical (unpaired) electrons. The van der Waals surface area contributed by atoms with Crippen LogP contribution in [0.4, 0.5) is 9.39 Å². The molecule has 0 aliphatic carbocycles. The van der Waals surface area contributed by atoms with Crippen molar-refractivity contribution < 1.29 is 9.13 Å². The number of benzene rings is 1. The molecule has 0 amide bonds. The highest BCUT2D eigenvalue weighted by atomic mass is 127. The molecule has 0 saturated carbocycles. The summed E-state index contributed by atoms with van der Waals surface area (Å²) < 4.78 is 18.7. The zero-order valence-corrected chi connectivity index (χ0v) is 20.1. The average molecular weight is 532 g/mol. The second kappa shape index (κ2) is 12.3. The molecule has 0 spiro atoms. The number of piperidine rings is 1. The number of hydrogen-bond donors (Lipinski definition) is 2. The van der Waals surface area contributed by atoms with Crippen molar-refractivity contribution in [1.29, 1.82) is 0 Å². The van der Waals surface area contributed by atoms with Crippen LogP contribution in [0.25, 0.3) is 0 Å². The van der Waals surface area contributed by atoms with E-state index in [1.165, 1.54) is 17.1 Å². The third-order valence-electron chi connectivity index (χ3n) is 4.94. The molecule has 2 heterocycles. The van der Waals surface area contributed by atoms with Crippen LogP contribution in [0.5, 0.6) is 0 Å². The predicted octanol–water partition coefficient (Wildman–Crippen LogP) is 4.42. The minimum absolute atomic E-state index is 0. The Labute approximate surface area is 193 Å². The third kappa shape index (κ3) is 7.11. The van der Waals surface area contributed by atoms with E-state index in [9.17, 15) is 4.39 Å². The first-order valence-electron chi connectivity index (χ1n) is 9.81. The number of halogens is 2. The van der Waals surface area contributed by atoms with Gasteiger partial charge in [-0.25, -0.2) is 4.39 Å². The summed E-state index contributed by atoms with van der Waals surface area (Å²) in [7, 11) is 1.66. The van der Waals surface area contributed by atoms with Crippen LogP contribution in [0.2, 0.25) is 0 Å². The second-order valence-electron chi connectivity index (χ2n) is 6.85. The molecule has 3 rings (SSSR count). The number of aliphatic imine (C=N–C) groups is 1. The van der Waals surface area contributed by atoms with Gasteiger partial charge >= 0.3 is 0 Å². The molecule has 1 aromatic heterocycles. The highest BCUT2D eigenvalue weighted by molar-refractivity contribution is 14.0. The number of rotatable bonds is 7. The fraction of sp³-hybridized carbons (Fsp3) is 0.476. The highest BCUT2D eigenvalue weighted by Gasteiger charge is 2.21. The monoisotopic (exact) mass is 532 g/mol. The molecule has 160 valence electrons. The maximum absolute atomic E-state index is 13.2. The Kier molecular flexibility index (Phi) is 10.2. The Balaban J connectivity index is 0.00000300. The summed E-state index contributed by atoms with van der Waals surface area (Å²) in [5.74, 6) is 0.562. The maximum atomic E-state index is 13.2. The van der Waals surface area contributed by atoms with Crippen molar-refractivity contribution in [3.63, 3.8) is 0 Å². The summed E-state index contributed by atoms with van der Waals surface area (Å²) in [6.45, 7) is 5.44. The minimum Gasteiger partial charge on any atom is -0.375 e. The molecule has 1 unspecified atom stereocenters. The first kappa shape index (κ1) is 23.9. The van der Waals surface area contributed by atoms with E-state index < -0.39 is 0 Å². The van der Waals surface area contributed by atoms with Gasteiger partial charge in [-0.05, 0) is 55.0 Å². The average Bonchev–Trinajstić information content (AvgIpc) is 3.25. The molecule has 1 aliphatic rings. The fourth-order valence-electron chi connectivity index (χ4n) is 3.38. The van der Waals surface area contributed by atoms with Crippen molar-refractivity contribution in [1.82, 2.24) is 10.6 Å². The Bertz CT molecular complexity index is 734. The first-order valence-corrected chi connectivity index (χ1v) is 10.7. The van der Waals surface area contributed by atoms with Crippen LogP contribution in [0, 0.1) is 5.82 Å². The second-order valence-corrected chi connectivity index (χ2v) is 7.78. The summed E-state index contributed by atoms with van der Waals surface area (Å²) in [6.07, 6.45) is 1.96. The molecular formula is C21H30FIN4OS. The Hall–Kier alpha value is -1.39. The molecule has 1 saturated heterocycles. The van der Waals surface area contributed by atoms with Crippen molar-refractivity contribution in [2.45, 2.75) is 31.9 Å². The number of thiophene rings is 1. The van der Waals surface area contributed by atoms with E-state index in [0.29, 0.717) is 12.6 Å². The maximum Gasteiger partial charge on any atom is 0.191 e. The highest BCUT2D eigenvalue weighted by Crippen LogP contribution is 2.24. The van der Waals surface area contributed by atoms with Crippen LogP contribution in [-0.4, -0.2) is 45.3 Å². The smallest absolute Gasteiger partial charge is 0.191 e. The van der Waals surface area contributed by atoms with Gasteiger partial charge in [0.25, 0.3) is 0 Å². The van der Waals surface area contributed by atoms with E-state index in [0.717, 1.165) is 44.0 Å². The number of guanidine groups is 1. The zero-order chi connectivity index (χ0) is 19.8. The van der Waals surface area contributed by atoms with Gasteiger partial charge in [0.05, 0.1) is 11.5 Å². The van der Waals surface area contributed by atoms with Crippen molar-refractivity contribution >= 4 is 46.3 Å². The van der Waals surface area contributed by atoms with Gasteiger partial charge in [-0.3, -0.25) is 4.99 Å². The molecule has 29 heavy (non-hydrogen) atoms. The van der Waals surface area contributed by atoms with Crippen molar-refractivity contribution in [2.24, 2.45) is 4.99 Å². The molecule has 2 aromatic rings. The lowest BCUT2D eigenvalue weighted by Gasteiger charge is -2.33. The summed E-state index contributed by atoms with van der Waals surface area (Å²) >= 11 is 1.80. The number of ether oxygens (including phenoxy) is 1. The molecule has 2 N–H and O–H groups in total. The van der Waals surface area contributed by atoms with Crippen LogP contribution in [0.1, 0.15) is 31.4 Å². The molecule has 1 aromatic carbocycles. The number of methoxy groups -OCH3 is 1. The normalized spacial score (nSPS) is 16.2. The fourth-order valence-corrected chi connectivity index (χ4v) is 4.16. The Morgan fingerprint density at radius 2 is 2.00 bits per heavy atom. The van der Waals surface area contributed by atoms with Crippen molar-refractivity contribution in [3.8, 4) is 0 Å². The number of anilines is 1. The number of nitrogens with one attached hydrogen (secondary N) is 2. The lowest BCUT2D eigenvalue weighted by atomic mass is 10.1. The summed E-state index contributed by atoms with van der Waals surface area (Å²) in [5, 5.41) is 10.4. The van der Waals surface area contributed by atoms with Gasteiger partial charge in [-0.2, -0.15) is 0 Å². The van der Waals surface area contributed by atoms with Gasteiger partial charge in [0.2, 0.25) is 0 Å². The van der Waals surface area contributed by atoms with E-state index in [1.807, 2.05) is 0 Å². The SMILES string of the molecule is CCNC(=NCC(OC)c1ccc(F)cc1)NC1CCN(c2cccs2)CC1.I. The summed E-state index contributed by atoms with van der Waals surface area (Å²) in [5.41, 5.74) is 0.924. The van der Waals surface area contributed by atoms with E-state index in [2.05, 4.69) is 40.0 Å². The van der Waals surface area contributed by atoms with E-state index >= 15 is 0 Å². The molecule has 8 heteroatoms. The topological polar surface area (TPSA) is 48.9 Å². The molecular weight excluding hydrogens is 502 g/mol. The van der Waals surface area contributed by atoms with E-state index in [1.54, 1.807) is 30.6 Å². The molecule has 0 bridgehead atoms. The van der Waals surface area contributed by atoms with Gasteiger partial charge in [0.15, 0.2) is 5.96 Å². The van der Waals surface area contributed by atoms with E-state index in [-0.39, 0.29) is 35.9 Å². The molecule has 1 fully saturated rings. The lowest BCUT2D eigenvalue weighted by Crippen LogP contribution is -2.48. The molecule has 5 nitrogen and oxygen atoms in total. The van der Waals surface area contributed by atoms with Gasteiger partial charge in [-0.15, -0.1) is 35.3 Å². The largest absolute Gasteiger partial charge is 0.375 e. The number of hydrogen-bond acceptors (Lipinski definition) is 4. The Morgan fingerprint density at radius 1 is 1.28 bits per heavy atom. The van der Waals surface area contributed by atoms with Crippen molar-refractivity contribution in [3.05, 3.63) is 53.2 Å². The van der Waals surface area contributed by atoms with Crippen LogP contribution in [0.3, 0.4) is 0 Å². The number of nitrogens with zero attached hydrogens (tertiary/aromatic N) is 2. The zero-order valence-electron chi connectivity index (χ0n) is 16.9. The third-order valence-corrected chi connectivity index (χ3v) is 5.87. The van der Waals surface area contributed by atoms with Gasteiger partial charge in [-0.1, -0.05) is 12.1 Å². The van der Waals surface area contributed by atoms with E-state index in [4.69, 9.17) is 9.73 Å². The van der Waals surface area contributed by atoms with Crippen LogP contribution >= 0.6 is 35.3 Å².